The van der Waals surface area contributed by atoms with Gasteiger partial charge in [0.1, 0.15) is 0 Å². The van der Waals surface area contributed by atoms with Gasteiger partial charge in [-0.2, -0.15) is 0 Å². The highest BCUT2D eigenvalue weighted by Gasteiger charge is 2.35. The second-order valence-corrected chi connectivity index (χ2v) is 11.2. The van der Waals surface area contributed by atoms with E-state index in [1.807, 2.05) is 6.20 Å². The summed E-state index contributed by atoms with van der Waals surface area (Å²) >= 11 is 0. The average Bonchev–Trinajstić information content (AvgIpc) is 3.40. The largest absolute Gasteiger partial charge is 0.308 e. The third-order valence-electron chi connectivity index (χ3n) is 8.96. The quantitative estimate of drug-likeness (QED) is 0.212. The molecule has 1 aliphatic carbocycles. The first-order valence-electron chi connectivity index (χ1n) is 13.3. The Kier molecular flexibility index (Phi) is 3.64. The fourth-order valence-corrected chi connectivity index (χ4v) is 7.23. The van der Waals surface area contributed by atoms with E-state index in [0.717, 1.165) is 11.0 Å². The lowest BCUT2D eigenvalue weighted by Crippen LogP contribution is -2.15. The third kappa shape index (κ3) is 2.36. The van der Waals surface area contributed by atoms with Gasteiger partial charge < -0.3 is 4.57 Å². The molecule has 8 aromatic rings. The van der Waals surface area contributed by atoms with Gasteiger partial charge in [0.05, 0.1) is 16.6 Å². The van der Waals surface area contributed by atoms with E-state index in [0.29, 0.717) is 0 Å². The maximum Gasteiger partial charge on any atom is 0.0969 e. The molecular weight excluding hydrogens is 460 g/mol. The van der Waals surface area contributed by atoms with E-state index in [-0.39, 0.29) is 5.41 Å². The van der Waals surface area contributed by atoms with Gasteiger partial charge in [-0.1, -0.05) is 86.6 Å². The average molecular weight is 485 g/mol. The summed E-state index contributed by atoms with van der Waals surface area (Å²) in [6, 6.07) is 38.2. The van der Waals surface area contributed by atoms with Crippen molar-refractivity contribution in [1.29, 1.82) is 0 Å². The Hall–Kier alpha value is -4.69. The third-order valence-corrected chi connectivity index (χ3v) is 8.96. The summed E-state index contributed by atoms with van der Waals surface area (Å²) in [5.41, 5.74) is 10.0. The molecule has 0 saturated carbocycles. The Labute approximate surface area is 220 Å². The van der Waals surface area contributed by atoms with E-state index >= 15 is 0 Å². The molecule has 0 spiro atoms. The molecule has 1 aliphatic rings. The second-order valence-electron chi connectivity index (χ2n) is 11.2. The summed E-state index contributed by atoms with van der Waals surface area (Å²) in [5.74, 6) is 0. The number of benzene rings is 6. The highest BCUT2D eigenvalue weighted by molar-refractivity contribution is 6.32. The summed E-state index contributed by atoms with van der Waals surface area (Å²) in [5, 5.41) is 9.04. The molecule has 0 N–H and O–H groups in total. The normalized spacial score (nSPS) is 14.3. The highest BCUT2D eigenvalue weighted by atomic mass is 15.0. The molecule has 0 amide bonds. The van der Waals surface area contributed by atoms with Crippen molar-refractivity contribution in [2.24, 2.45) is 0 Å². The topological polar surface area (TPSA) is 17.8 Å². The van der Waals surface area contributed by atoms with Crippen LogP contribution in [-0.4, -0.2) is 9.55 Å². The molecule has 0 bridgehead atoms. The minimum absolute atomic E-state index is 0.0459. The molecule has 2 aromatic heterocycles. The number of rotatable bonds is 1. The van der Waals surface area contributed by atoms with E-state index in [4.69, 9.17) is 4.98 Å². The summed E-state index contributed by atoms with van der Waals surface area (Å²) in [4.78, 5) is 4.95. The Balaban J connectivity index is 1.42. The second kappa shape index (κ2) is 6.79. The van der Waals surface area contributed by atoms with E-state index < -0.39 is 0 Å². The lowest BCUT2D eigenvalue weighted by Gasteiger charge is -2.22. The lowest BCUT2D eigenvalue weighted by atomic mass is 9.82. The van der Waals surface area contributed by atoms with Gasteiger partial charge in [-0.05, 0) is 84.9 Å². The van der Waals surface area contributed by atoms with E-state index in [1.54, 1.807) is 0 Å². The zero-order chi connectivity index (χ0) is 25.2. The SMILES string of the molecule is CC1(C)c2ccccc2-c2ccc(-n3c4cccnc4c4c5ccc6cccc7ccc(cc43)c5c76)cc21. The zero-order valence-electron chi connectivity index (χ0n) is 21.3. The van der Waals surface area contributed by atoms with Crippen LogP contribution in [0.5, 0.6) is 0 Å². The predicted octanol–water partition coefficient (Wildman–Crippen LogP) is 9.38. The summed E-state index contributed by atoms with van der Waals surface area (Å²) in [6.07, 6.45) is 1.92. The molecule has 0 radical (unpaired) electrons. The van der Waals surface area contributed by atoms with Crippen LogP contribution >= 0.6 is 0 Å². The molecule has 0 aliphatic heterocycles. The Morgan fingerprint density at radius 3 is 2.26 bits per heavy atom. The molecule has 6 aromatic carbocycles. The van der Waals surface area contributed by atoms with E-state index in [2.05, 4.69) is 122 Å². The highest BCUT2D eigenvalue weighted by Crippen LogP contribution is 2.50. The van der Waals surface area contributed by atoms with Crippen LogP contribution in [-0.2, 0) is 5.41 Å². The summed E-state index contributed by atoms with van der Waals surface area (Å²) in [6.45, 7) is 4.69. The van der Waals surface area contributed by atoms with Crippen LogP contribution in [0, 0.1) is 0 Å². The maximum absolute atomic E-state index is 4.95. The lowest BCUT2D eigenvalue weighted by molar-refractivity contribution is 0.660. The van der Waals surface area contributed by atoms with Crippen LogP contribution in [0.4, 0.5) is 0 Å². The van der Waals surface area contributed by atoms with Crippen molar-refractivity contribution in [2.75, 3.05) is 0 Å². The van der Waals surface area contributed by atoms with Gasteiger partial charge in [-0.25, -0.2) is 0 Å². The van der Waals surface area contributed by atoms with Gasteiger partial charge >= 0.3 is 0 Å². The maximum atomic E-state index is 4.95. The molecule has 0 unspecified atom stereocenters. The minimum Gasteiger partial charge on any atom is -0.308 e. The number of fused-ring (bicyclic) bond motifs is 7. The van der Waals surface area contributed by atoms with Gasteiger partial charge in [-0.15, -0.1) is 0 Å². The fourth-order valence-electron chi connectivity index (χ4n) is 7.23. The first kappa shape index (κ1) is 20.4. The van der Waals surface area contributed by atoms with Crippen LogP contribution in [0.3, 0.4) is 0 Å². The van der Waals surface area contributed by atoms with Crippen LogP contribution in [0.15, 0.2) is 109 Å². The molecule has 2 heteroatoms. The van der Waals surface area contributed by atoms with Gasteiger partial charge in [0, 0.05) is 22.7 Å². The number of nitrogens with zero attached hydrogens (tertiary/aromatic N) is 2. The number of hydrogen-bond donors (Lipinski definition) is 0. The fraction of sp³-hybridized carbons (Fsp3) is 0.0833. The van der Waals surface area contributed by atoms with Crippen LogP contribution in [0.25, 0.3) is 71.1 Å². The van der Waals surface area contributed by atoms with Crippen molar-refractivity contribution in [3.05, 3.63) is 120 Å². The van der Waals surface area contributed by atoms with Gasteiger partial charge in [-0.3, -0.25) is 4.98 Å². The molecule has 178 valence electrons. The Morgan fingerprint density at radius 2 is 1.37 bits per heavy atom. The number of aromatic nitrogens is 2. The van der Waals surface area contributed by atoms with Crippen LogP contribution in [0.2, 0.25) is 0 Å². The van der Waals surface area contributed by atoms with Gasteiger partial charge in [0.15, 0.2) is 0 Å². The van der Waals surface area contributed by atoms with Crippen LogP contribution < -0.4 is 0 Å². The smallest absolute Gasteiger partial charge is 0.0969 e. The minimum atomic E-state index is -0.0459. The summed E-state index contributed by atoms with van der Waals surface area (Å²) < 4.78 is 2.42. The Morgan fingerprint density at radius 1 is 0.579 bits per heavy atom. The van der Waals surface area contributed by atoms with Gasteiger partial charge in [0.25, 0.3) is 0 Å². The van der Waals surface area contributed by atoms with Crippen molar-refractivity contribution in [3.63, 3.8) is 0 Å². The van der Waals surface area contributed by atoms with E-state index in [1.165, 1.54) is 71.2 Å². The monoisotopic (exact) mass is 484 g/mol. The summed E-state index contributed by atoms with van der Waals surface area (Å²) in [7, 11) is 0. The number of pyridine rings is 1. The number of hydrogen-bond acceptors (Lipinski definition) is 1. The molecule has 2 nitrogen and oxygen atoms in total. The van der Waals surface area contributed by atoms with Crippen molar-refractivity contribution in [3.8, 4) is 16.8 Å². The van der Waals surface area contributed by atoms with Crippen molar-refractivity contribution < 1.29 is 0 Å². The van der Waals surface area contributed by atoms with Crippen molar-refractivity contribution in [1.82, 2.24) is 9.55 Å². The van der Waals surface area contributed by atoms with Crippen LogP contribution in [0.1, 0.15) is 25.0 Å². The zero-order valence-corrected chi connectivity index (χ0v) is 21.3. The molecule has 0 atom stereocenters. The molecule has 38 heavy (non-hydrogen) atoms. The standard InChI is InChI=1S/C36H24N2/c1-36(2)28-10-4-3-9-25(28)26-17-15-24(20-29(26)36)38-30-11-6-18-37-35(30)34-27-16-14-22-8-5-7-21-12-13-23(19-31(34)38)33(27)32(21)22/h3-20H,1-2H3. The first-order valence-corrected chi connectivity index (χ1v) is 13.3. The Bertz CT molecular complexity index is 2250. The predicted molar refractivity (Wildman–Crippen MR) is 160 cm³/mol. The van der Waals surface area contributed by atoms with E-state index in [9.17, 15) is 0 Å². The molecule has 0 saturated heterocycles. The van der Waals surface area contributed by atoms with Gasteiger partial charge in [0.2, 0.25) is 0 Å². The first-order chi connectivity index (χ1) is 18.6. The van der Waals surface area contributed by atoms with Crippen molar-refractivity contribution >= 4 is 54.3 Å². The molecule has 2 heterocycles. The molecule has 9 rings (SSSR count). The molecular formula is C36H24N2. The van der Waals surface area contributed by atoms with Crippen molar-refractivity contribution in [2.45, 2.75) is 19.3 Å². The molecule has 0 fully saturated rings.